The minimum Gasteiger partial charge on any atom is -0.494 e. The fourth-order valence-corrected chi connectivity index (χ4v) is 3.34. The van der Waals surface area contributed by atoms with Crippen LogP contribution in [0.15, 0.2) is 50.3 Å². The van der Waals surface area contributed by atoms with Crippen LogP contribution in [0.25, 0.3) is 0 Å². The normalized spacial score (nSPS) is 11.0. The van der Waals surface area contributed by atoms with Gasteiger partial charge in [0, 0.05) is 16.3 Å². The van der Waals surface area contributed by atoms with E-state index in [0.717, 1.165) is 38.1 Å². The van der Waals surface area contributed by atoms with Crippen molar-refractivity contribution in [2.24, 2.45) is 4.99 Å². The van der Waals surface area contributed by atoms with Gasteiger partial charge in [-0.1, -0.05) is 22.9 Å². The van der Waals surface area contributed by atoms with Crippen LogP contribution >= 0.6 is 31.9 Å². The monoisotopic (exact) mass is 439 g/mol. The molecule has 5 heteroatoms. The second-order valence-electron chi connectivity index (χ2n) is 4.84. The maximum Gasteiger partial charge on any atom is 0.142 e. The first-order valence-corrected chi connectivity index (χ1v) is 9.11. The summed E-state index contributed by atoms with van der Waals surface area (Å²) in [4.78, 5) is 4.53. The lowest BCUT2D eigenvalue weighted by Gasteiger charge is -2.11. The van der Waals surface area contributed by atoms with Crippen LogP contribution in [-0.2, 0) is 0 Å². The molecule has 0 aliphatic carbocycles. The zero-order valence-corrected chi connectivity index (χ0v) is 16.4. The number of benzene rings is 2. The Labute approximate surface area is 154 Å². The van der Waals surface area contributed by atoms with E-state index < -0.39 is 0 Å². The molecule has 23 heavy (non-hydrogen) atoms. The predicted molar refractivity (Wildman–Crippen MR) is 102 cm³/mol. The highest BCUT2D eigenvalue weighted by atomic mass is 79.9. The minimum atomic E-state index is 0.660. The maximum absolute atomic E-state index is 5.83. The molecule has 122 valence electrons. The second-order valence-corrected chi connectivity index (χ2v) is 6.61. The maximum atomic E-state index is 5.83. The summed E-state index contributed by atoms with van der Waals surface area (Å²) in [5, 5.41) is 0. The number of rotatable bonds is 7. The van der Waals surface area contributed by atoms with Gasteiger partial charge in [0.15, 0.2) is 0 Å². The highest BCUT2D eigenvalue weighted by molar-refractivity contribution is 9.11. The van der Waals surface area contributed by atoms with Crippen LogP contribution in [0.5, 0.6) is 11.5 Å². The summed E-state index contributed by atoms with van der Waals surface area (Å²) in [5.74, 6) is 1.66. The van der Waals surface area contributed by atoms with E-state index >= 15 is 0 Å². The molecule has 0 aliphatic heterocycles. The van der Waals surface area contributed by atoms with E-state index in [0.29, 0.717) is 13.2 Å². The van der Waals surface area contributed by atoms with Gasteiger partial charge in [0.05, 0.1) is 23.4 Å². The van der Waals surface area contributed by atoms with E-state index in [2.05, 4.69) is 43.8 Å². The van der Waals surface area contributed by atoms with Crippen molar-refractivity contribution in [2.45, 2.75) is 20.3 Å². The smallest absolute Gasteiger partial charge is 0.142 e. The summed E-state index contributed by atoms with van der Waals surface area (Å²) in [6.07, 6.45) is 2.77. The lowest BCUT2D eigenvalue weighted by molar-refractivity contribution is 0.315. The quantitative estimate of drug-likeness (QED) is 0.483. The molecule has 2 aromatic rings. The van der Waals surface area contributed by atoms with Gasteiger partial charge in [-0.3, -0.25) is 4.99 Å². The SMILES string of the molecule is CCCOc1c(Br)cc(Br)cc1C=Nc1ccc(OCC)cc1. The molecule has 0 unspecified atom stereocenters. The first-order chi connectivity index (χ1) is 11.1. The van der Waals surface area contributed by atoms with Crippen LogP contribution in [0.4, 0.5) is 5.69 Å². The molecule has 3 nitrogen and oxygen atoms in total. The topological polar surface area (TPSA) is 30.8 Å². The predicted octanol–water partition coefficient (Wildman–Crippen LogP) is 6.15. The molecule has 0 aromatic heterocycles. The van der Waals surface area contributed by atoms with Crippen molar-refractivity contribution in [1.82, 2.24) is 0 Å². The fourth-order valence-electron chi connectivity index (χ4n) is 1.97. The van der Waals surface area contributed by atoms with Gasteiger partial charge < -0.3 is 9.47 Å². The molecule has 0 aliphatic rings. The van der Waals surface area contributed by atoms with Crippen molar-refractivity contribution in [3.05, 3.63) is 50.9 Å². The Morgan fingerprint density at radius 3 is 2.43 bits per heavy atom. The molecule has 0 bridgehead atoms. The van der Waals surface area contributed by atoms with Crippen molar-refractivity contribution in [2.75, 3.05) is 13.2 Å². The van der Waals surface area contributed by atoms with Gasteiger partial charge in [-0.2, -0.15) is 0 Å². The number of hydrogen-bond donors (Lipinski definition) is 0. The lowest BCUT2D eigenvalue weighted by atomic mass is 10.2. The fraction of sp³-hybridized carbons (Fsp3) is 0.278. The van der Waals surface area contributed by atoms with E-state index in [1.54, 1.807) is 0 Å². The number of halogens is 2. The first-order valence-electron chi connectivity index (χ1n) is 7.52. The summed E-state index contributed by atoms with van der Waals surface area (Å²) in [7, 11) is 0. The molecule has 0 amide bonds. The van der Waals surface area contributed by atoms with Crippen LogP contribution in [-0.4, -0.2) is 19.4 Å². The van der Waals surface area contributed by atoms with Crippen LogP contribution < -0.4 is 9.47 Å². The van der Waals surface area contributed by atoms with Crippen LogP contribution in [0.2, 0.25) is 0 Å². The van der Waals surface area contributed by atoms with E-state index in [-0.39, 0.29) is 0 Å². The summed E-state index contributed by atoms with van der Waals surface area (Å²) < 4.78 is 13.2. The Balaban J connectivity index is 2.23. The van der Waals surface area contributed by atoms with E-state index in [9.17, 15) is 0 Å². The Morgan fingerprint density at radius 2 is 1.78 bits per heavy atom. The number of ether oxygens (including phenoxy) is 2. The molecule has 0 saturated heterocycles. The highest BCUT2D eigenvalue weighted by Crippen LogP contribution is 2.32. The number of nitrogens with zero attached hydrogens (tertiary/aromatic N) is 1. The minimum absolute atomic E-state index is 0.660. The third-order valence-electron chi connectivity index (χ3n) is 2.99. The van der Waals surface area contributed by atoms with E-state index in [4.69, 9.17) is 9.47 Å². The van der Waals surface area contributed by atoms with Gasteiger partial charge in [0.1, 0.15) is 11.5 Å². The van der Waals surface area contributed by atoms with Crippen LogP contribution in [0, 0.1) is 0 Å². The summed E-state index contributed by atoms with van der Waals surface area (Å²) in [6.45, 7) is 5.38. The molecule has 0 atom stereocenters. The Bertz CT molecular complexity index is 669. The standard InChI is InChI=1S/C18H19Br2NO2/c1-3-9-23-18-13(10-14(19)11-17(18)20)12-21-15-5-7-16(8-6-15)22-4-2/h5-8,10-12H,3-4,9H2,1-2H3. The molecule has 0 heterocycles. The van der Waals surface area contributed by atoms with E-state index in [1.165, 1.54) is 0 Å². The van der Waals surface area contributed by atoms with Crippen molar-refractivity contribution in [3.63, 3.8) is 0 Å². The lowest BCUT2D eigenvalue weighted by Crippen LogP contribution is -1.99. The average Bonchev–Trinajstić information content (AvgIpc) is 2.53. The molecule has 0 radical (unpaired) electrons. The van der Waals surface area contributed by atoms with Gasteiger partial charge >= 0.3 is 0 Å². The highest BCUT2D eigenvalue weighted by Gasteiger charge is 2.08. The van der Waals surface area contributed by atoms with E-state index in [1.807, 2.05) is 49.5 Å². The third kappa shape index (κ3) is 5.36. The zero-order chi connectivity index (χ0) is 16.7. The third-order valence-corrected chi connectivity index (χ3v) is 4.03. The van der Waals surface area contributed by atoms with Crippen molar-refractivity contribution in [3.8, 4) is 11.5 Å². The second kappa shape index (κ2) is 9.08. The number of aliphatic imine (C=N–C) groups is 1. The number of hydrogen-bond acceptors (Lipinski definition) is 3. The molecule has 2 rings (SSSR count). The molecule has 2 aromatic carbocycles. The summed E-state index contributed by atoms with van der Waals surface area (Å²) in [6, 6.07) is 11.7. The van der Waals surface area contributed by atoms with Crippen molar-refractivity contribution in [1.29, 1.82) is 0 Å². The Kier molecular flexibility index (Phi) is 7.12. The Morgan fingerprint density at radius 1 is 1.04 bits per heavy atom. The van der Waals surface area contributed by atoms with Gasteiger partial charge in [0.25, 0.3) is 0 Å². The van der Waals surface area contributed by atoms with Crippen molar-refractivity contribution >= 4 is 43.8 Å². The molecule has 0 N–H and O–H groups in total. The average molecular weight is 441 g/mol. The zero-order valence-electron chi connectivity index (χ0n) is 13.2. The molecule has 0 saturated carbocycles. The first kappa shape index (κ1) is 18.0. The van der Waals surface area contributed by atoms with Crippen LogP contribution in [0.3, 0.4) is 0 Å². The van der Waals surface area contributed by atoms with Gasteiger partial charge in [-0.15, -0.1) is 0 Å². The largest absolute Gasteiger partial charge is 0.494 e. The summed E-state index contributed by atoms with van der Waals surface area (Å²) >= 11 is 7.05. The molecular weight excluding hydrogens is 422 g/mol. The van der Waals surface area contributed by atoms with Gasteiger partial charge in [0.2, 0.25) is 0 Å². The molecule has 0 fully saturated rings. The van der Waals surface area contributed by atoms with Gasteiger partial charge in [-0.25, -0.2) is 0 Å². The Hall–Kier alpha value is -1.33. The molecular formula is C18H19Br2NO2. The van der Waals surface area contributed by atoms with Crippen LogP contribution in [0.1, 0.15) is 25.8 Å². The summed E-state index contributed by atoms with van der Waals surface area (Å²) in [5.41, 5.74) is 1.79. The molecule has 0 spiro atoms. The van der Waals surface area contributed by atoms with Crippen molar-refractivity contribution < 1.29 is 9.47 Å². The van der Waals surface area contributed by atoms with Gasteiger partial charge in [-0.05, 0) is 65.7 Å².